The highest BCUT2D eigenvalue weighted by Gasteiger charge is 2.25. The maximum Gasteiger partial charge on any atom is 0.0265 e. The molecule has 22 heavy (non-hydrogen) atoms. The number of nitrogens with zero attached hydrogens (tertiary/aromatic N) is 1. The normalized spacial score (nSPS) is 22.6. The summed E-state index contributed by atoms with van der Waals surface area (Å²) in [4.78, 5) is 2.64. The summed E-state index contributed by atoms with van der Waals surface area (Å²) < 4.78 is 0. The van der Waals surface area contributed by atoms with E-state index in [9.17, 15) is 0 Å². The zero-order valence-corrected chi connectivity index (χ0v) is 13.6. The molecule has 2 aromatic carbocycles. The van der Waals surface area contributed by atoms with Gasteiger partial charge in [0.15, 0.2) is 0 Å². The van der Waals surface area contributed by atoms with E-state index in [-0.39, 0.29) is 0 Å². The first-order valence-corrected chi connectivity index (χ1v) is 8.27. The van der Waals surface area contributed by atoms with Crippen molar-refractivity contribution in [1.82, 2.24) is 10.2 Å². The van der Waals surface area contributed by atoms with Gasteiger partial charge in [-0.05, 0) is 31.4 Å². The molecule has 1 heterocycles. The molecule has 0 aliphatic carbocycles. The first kappa shape index (κ1) is 15.3. The van der Waals surface area contributed by atoms with E-state index in [2.05, 4.69) is 78.7 Å². The van der Waals surface area contributed by atoms with E-state index in [1.807, 2.05) is 0 Å². The Morgan fingerprint density at radius 1 is 1.00 bits per heavy atom. The van der Waals surface area contributed by atoms with Crippen LogP contribution in [0.2, 0.25) is 0 Å². The molecule has 1 aliphatic heterocycles. The third-order valence-corrected chi connectivity index (χ3v) is 4.55. The first-order valence-electron chi connectivity index (χ1n) is 8.27. The van der Waals surface area contributed by atoms with Crippen LogP contribution in [-0.2, 0) is 13.0 Å². The van der Waals surface area contributed by atoms with E-state index in [0.29, 0.717) is 12.1 Å². The zero-order chi connectivity index (χ0) is 15.4. The number of benzene rings is 2. The third kappa shape index (κ3) is 3.96. The second kappa shape index (κ2) is 7.08. The molecule has 2 heteroatoms. The van der Waals surface area contributed by atoms with Gasteiger partial charge in [0.05, 0.1) is 0 Å². The molecule has 3 rings (SSSR count). The molecule has 0 bridgehead atoms. The molecule has 0 saturated carbocycles. The number of piperazine rings is 1. The summed E-state index contributed by atoms with van der Waals surface area (Å²) in [5.41, 5.74) is 4.17. The molecule has 1 N–H and O–H groups in total. The molecule has 0 amide bonds. The van der Waals surface area contributed by atoms with Crippen LogP contribution in [0.5, 0.6) is 0 Å². The molecule has 1 saturated heterocycles. The summed E-state index contributed by atoms with van der Waals surface area (Å²) in [6.45, 7) is 7.66. The summed E-state index contributed by atoms with van der Waals surface area (Å²) in [7, 11) is 0. The lowest BCUT2D eigenvalue weighted by atomic mass is 10.00. The zero-order valence-electron chi connectivity index (χ0n) is 13.6. The standard InChI is InChI=1S/C20H26N2/c1-16-8-10-19(11-9-16)15-22-14-17(2)21-13-20(22)12-18-6-4-3-5-7-18/h3-11,17,20-21H,12-15H2,1-2H3. The molecule has 1 fully saturated rings. The Kier molecular flexibility index (Phi) is 4.91. The number of hydrogen-bond donors (Lipinski definition) is 1. The second-order valence-electron chi connectivity index (χ2n) is 6.57. The van der Waals surface area contributed by atoms with Crippen LogP contribution >= 0.6 is 0 Å². The Morgan fingerprint density at radius 2 is 1.73 bits per heavy atom. The van der Waals surface area contributed by atoms with Crippen LogP contribution in [0.25, 0.3) is 0 Å². The van der Waals surface area contributed by atoms with Gasteiger partial charge in [-0.3, -0.25) is 4.90 Å². The van der Waals surface area contributed by atoms with Gasteiger partial charge in [-0.1, -0.05) is 60.2 Å². The van der Waals surface area contributed by atoms with E-state index < -0.39 is 0 Å². The van der Waals surface area contributed by atoms with Crippen LogP contribution in [0.3, 0.4) is 0 Å². The van der Waals surface area contributed by atoms with Gasteiger partial charge in [0.1, 0.15) is 0 Å². The lowest BCUT2D eigenvalue weighted by Crippen LogP contribution is -2.55. The maximum absolute atomic E-state index is 3.64. The van der Waals surface area contributed by atoms with Crippen LogP contribution in [0.4, 0.5) is 0 Å². The highest BCUT2D eigenvalue weighted by atomic mass is 15.2. The quantitative estimate of drug-likeness (QED) is 0.930. The van der Waals surface area contributed by atoms with Crippen LogP contribution in [0.15, 0.2) is 54.6 Å². The predicted octanol–water partition coefficient (Wildman–Crippen LogP) is 3.40. The van der Waals surface area contributed by atoms with Crippen molar-refractivity contribution in [2.45, 2.75) is 38.9 Å². The first-order chi connectivity index (χ1) is 10.7. The van der Waals surface area contributed by atoms with Crippen molar-refractivity contribution in [3.05, 3.63) is 71.3 Å². The highest BCUT2D eigenvalue weighted by Crippen LogP contribution is 2.17. The number of aryl methyl sites for hydroxylation is 1. The molecule has 2 nitrogen and oxygen atoms in total. The van der Waals surface area contributed by atoms with Gasteiger partial charge in [-0.25, -0.2) is 0 Å². The summed E-state index contributed by atoms with van der Waals surface area (Å²) >= 11 is 0. The van der Waals surface area contributed by atoms with Crippen LogP contribution in [0.1, 0.15) is 23.6 Å². The van der Waals surface area contributed by atoms with Crippen molar-refractivity contribution in [3.63, 3.8) is 0 Å². The average molecular weight is 294 g/mol. The van der Waals surface area contributed by atoms with E-state index in [0.717, 1.165) is 26.1 Å². The van der Waals surface area contributed by atoms with Gasteiger partial charge in [0.2, 0.25) is 0 Å². The van der Waals surface area contributed by atoms with Gasteiger partial charge in [0, 0.05) is 31.7 Å². The van der Waals surface area contributed by atoms with Crippen molar-refractivity contribution in [2.24, 2.45) is 0 Å². The van der Waals surface area contributed by atoms with Crippen molar-refractivity contribution in [1.29, 1.82) is 0 Å². The molecule has 2 atom stereocenters. The third-order valence-electron chi connectivity index (χ3n) is 4.55. The fraction of sp³-hybridized carbons (Fsp3) is 0.400. The smallest absolute Gasteiger partial charge is 0.0265 e. The van der Waals surface area contributed by atoms with Crippen LogP contribution in [-0.4, -0.2) is 30.1 Å². The molecule has 0 aromatic heterocycles. The molecule has 0 spiro atoms. The highest BCUT2D eigenvalue weighted by molar-refractivity contribution is 5.22. The van der Waals surface area contributed by atoms with Gasteiger partial charge in [-0.15, -0.1) is 0 Å². The molecule has 2 unspecified atom stereocenters. The molecule has 2 aromatic rings. The molecular formula is C20H26N2. The Morgan fingerprint density at radius 3 is 2.45 bits per heavy atom. The molecule has 116 valence electrons. The minimum atomic E-state index is 0.567. The van der Waals surface area contributed by atoms with E-state index in [1.54, 1.807) is 0 Å². The van der Waals surface area contributed by atoms with Crippen molar-refractivity contribution in [3.8, 4) is 0 Å². The summed E-state index contributed by atoms with van der Waals surface area (Å²) in [6.07, 6.45) is 1.12. The maximum atomic E-state index is 3.64. The van der Waals surface area contributed by atoms with E-state index in [4.69, 9.17) is 0 Å². The van der Waals surface area contributed by atoms with Gasteiger partial charge in [-0.2, -0.15) is 0 Å². The Labute approximate surface area is 134 Å². The van der Waals surface area contributed by atoms with Gasteiger partial charge in [0.25, 0.3) is 0 Å². The second-order valence-corrected chi connectivity index (χ2v) is 6.57. The van der Waals surface area contributed by atoms with E-state index >= 15 is 0 Å². The van der Waals surface area contributed by atoms with Crippen molar-refractivity contribution in [2.75, 3.05) is 13.1 Å². The topological polar surface area (TPSA) is 15.3 Å². The minimum Gasteiger partial charge on any atom is -0.311 e. The number of hydrogen-bond acceptors (Lipinski definition) is 2. The molecule has 0 radical (unpaired) electrons. The number of nitrogens with one attached hydrogen (secondary N) is 1. The largest absolute Gasteiger partial charge is 0.311 e. The summed E-state index contributed by atoms with van der Waals surface area (Å²) in [5, 5.41) is 3.64. The lowest BCUT2D eigenvalue weighted by Gasteiger charge is -2.39. The van der Waals surface area contributed by atoms with Crippen molar-refractivity contribution < 1.29 is 0 Å². The molecular weight excluding hydrogens is 268 g/mol. The van der Waals surface area contributed by atoms with Gasteiger partial charge < -0.3 is 5.32 Å². The Bertz CT molecular complexity index is 576. The average Bonchev–Trinajstić information content (AvgIpc) is 2.53. The fourth-order valence-electron chi connectivity index (χ4n) is 3.24. The SMILES string of the molecule is Cc1ccc(CN2CC(C)NCC2Cc2ccccc2)cc1. The van der Waals surface area contributed by atoms with Crippen molar-refractivity contribution >= 4 is 0 Å². The Balaban J connectivity index is 1.71. The minimum absolute atomic E-state index is 0.567. The predicted molar refractivity (Wildman–Crippen MR) is 93.0 cm³/mol. The van der Waals surface area contributed by atoms with Crippen LogP contribution in [0, 0.1) is 6.92 Å². The number of rotatable bonds is 4. The molecule has 1 aliphatic rings. The summed E-state index contributed by atoms with van der Waals surface area (Å²) in [6, 6.07) is 20.9. The Hall–Kier alpha value is -1.64. The fourth-order valence-corrected chi connectivity index (χ4v) is 3.24. The lowest BCUT2D eigenvalue weighted by molar-refractivity contribution is 0.127. The summed E-state index contributed by atoms with van der Waals surface area (Å²) in [5.74, 6) is 0. The van der Waals surface area contributed by atoms with Gasteiger partial charge >= 0.3 is 0 Å². The van der Waals surface area contributed by atoms with E-state index in [1.165, 1.54) is 16.7 Å². The monoisotopic (exact) mass is 294 g/mol. The van der Waals surface area contributed by atoms with Crippen LogP contribution < -0.4 is 5.32 Å².